The van der Waals surface area contributed by atoms with Crippen molar-refractivity contribution in [3.63, 3.8) is 0 Å². The standard InChI is InChI=1S/C18H17F2N3/c1-12-16(11-21-18-9-8-14(19)10-17(18)20)13(2)23(22-12)15-6-4-3-5-7-15/h3-10,21H,11H2,1-2H3. The molecule has 3 aromatic rings. The van der Waals surface area contributed by atoms with Gasteiger partial charge in [-0.3, -0.25) is 0 Å². The molecule has 0 fully saturated rings. The lowest BCUT2D eigenvalue weighted by Crippen LogP contribution is -2.04. The second-order valence-electron chi connectivity index (χ2n) is 5.37. The fourth-order valence-electron chi connectivity index (χ4n) is 2.57. The van der Waals surface area contributed by atoms with Crippen LogP contribution in [0, 0.1) is 25.5 Å². The molecule has 0 atom stereocenters. The number of hydrogen-bond donors (Lipinski definition) is 1. The van der Waals surface area contributed by atoms with Gasteiger partial charge in [-0.05, 0) is 38.1 Å². The van der Waals surface area contributed by atoms with E-state index >= 15 is 0 Å². The van der Waals surface area contributed by atoms with Gasteiger partial charge in [-0.2, -0.15) is 5.10 Å². The van der Waals surface area contributed by atoms with Crippen molar-refractivity contribution in [2.24, 2.45) is 0 Å². The van der Waals surface area contributed by atoms with Gasteiger partial charge in [0.05, 0.1) is 17.1 Å². The van der Waals surface area contributed by atoms with Gasteiger partial charge >= 0.3 is 0 Å². The maximum atomic E-state index is 13.7. The molecule has 0 aliphatic carbocycles. The Hall–Kier alpha value is -2.69. The molecule has 0 radical (unpaired) electrons. The average molecular weight is 313 g/mol. The molecule has 0 amide bonds. The molecule has 1 heterocycles. The molecule has 5 heteroatoms. The van der Waals surface area contributed by atoms with Crippen molar-refractivity contribution in [1.82, 2.24) is 9.78 Å². The Morgan fingerprint density at radius 2 is 1.78 bits per heavy atom. The van der Waals surface area contributed by atoms with Crippen molar-refractivity contribution in [2.45, 2.75) is 20.4 Å². The van der Waals surface area contributed by atoms with E-state index in [4.69, 9.17) is 0 Å². The van der Waals surface area contributed by atoms with Crippen molar-refractivity contribution in [2.75, 3.05) is 5.32 Å². The molecule has 2 aromatic carbocycles. The van der Waals surface area contributed by atoms with Crippen LogP contribution in [0.2, 0.25) is 0 Å². The maximum Gasteiger partial charge on any atom is 0.149 e. The Labute approximate surface area is 133 Å². The first kappa shape index (κ1) is 15.2. The number of hydrogen-bond acceptors (Lipinski definition) is 2. The Bertz CT molecular complexity index is 826. The van der Waals surface area contributed by atoms with Crippen LogP contribution >= 0.6 is 0 Å². The van der Waals surface area contributed by atoms with Gasteiger partial charge in [0.15, 0.2) is 0 Å². The Kier molecular flexibility index (Phi) is 4.10. The number of aryl methyl sites for hydroxylation is 1. The van der Waals surface area contributed by atoms with E-state index in [0.717, 1.165) is 28.7 Å². The molecular formula is C18H17F2N3. The molecule has 3 nitrogen and oxygen atoms in total. The van der Waals surface area contributed by atoms with Crippen molar-refractivity contribution in [3.8, 4) is 5.69 Å². The summed E-state index contributed by atoms with van der Waals surface area (Å²) < 4.78 is 28.5. The molecule has 23 heavy (non-hydrogen) atoms. The minimum atomic E-state index is -0.601. The monoisotopic (exact) mass is 313 g/mol. The highest BCUT2D eigenvalue weighted by atomic mass is 19.1. The van der Waals surface area contributed by atoms with Gasteiger partial charge in [-0.15, -0.1) is 0 Å². The first-order valence-corrected chi connectivity index (χ1v) is 7.35. The number of benzene rings is 2. The van der Waals surface area contributed by atoms with Crippen molar-refractivity contribution in [1.29, 1.82) is 0 Å². The molecule has 0 bridgehead atoms. The van der Waals surface area contributed by atoms with E-state index in [1.807, 2.05) is 48.9 Å². The number of para-hydroxylation sites is 1. The number of halogens is 2. The first-order chi connectivity index (χ1) is 11.1. The summed E-state index contributed by atoms with van der Waals surface area (Å²) in [5.41, 5.74) is 4.12. The molecule has 1 aromatic heterocycles. The molecule has 0 aliphatic heterocycles. The molecule has 0 unspecified atom stereocenters. The summed E-state index contributed by atoms with van der Waals surface area (Å²) in [7, 11) is 0. The predicted octanol–water partition coefficient (Wildman–Crippen LogP) is 4.38. The highest BCUT2D eigenvalue weighted by Gasteiger charge is 2.13. The zero-order valence-electron chi connectivity index (χ0n) is 13.0. The van der Waals surface area contributed by atoms with Crippen LogP contribution in [-0.4, -0.2) is 9.78 Å². The lowest BCUT2D eigenvalue weighted by molar-refractivity contribution is 0.585. The Morgan fingerprint density at radius 3 is 2.48 bits per heavy atom. The third-order valence-corrected chi connectivity index (χ3v) is 3.83. The number of anilines is 1. The van der Waals surface area contributed by atoms with Gasteiger partial charge < -0.3 is 5.32 Å². The predicted molar refractivity (Wildman–Crippen MR) is 86.7 cm³/mol. The van der Waals surface area contributed by atoms with Gasteiger partial charge in [0.25, 0.3) is 0 Å². The summed E-state index contributed by atoms with van der Waals surface area (Å²) in [5, 5.41) is 7.56. The Balaban J connectivity index is 1.85. The largest absolute Gasteiger partial charge is 0.378 e. The smallest absolute Gasteiger partial charge is 0.149 e. The topological polar surface area (TPSA) is 29.9 Å². The fourth-order valence-corrected chi connectivity index (χ4v) is 2.57. The molecule has 118 valence electrons. The van der Waals surface area contributed by atoms with Crippen LogP contribution in [0.5, 0.6) is 0 Å². The second kappa shape index (κ2) is 6.20. The normalized spacial score (nSPS) is 10.8. The molecule has 0 aliphatic rings. The minimum Gasteiger partial charge on any atom is -0.378 e. The highest BCUT2D eigenvalue weighted by Crippen LogP contribution is 2.21. The summed E-state index contributed by atoms with van der Waals surface area (Å²) >= 11 is 0. The summed E-state index contributed by atoms with van der Waals surface area (Å²) in [4.78, 5) is 0. The van der Waals surface area contributed by atoms with Gasteiger partial charge in [-0.25, -0.2) is 13.5 Å². The quantitative estimate of drug-likeness (QED) is 0.774. The molecule has 0 saturated heterocycles. The van der Waals surface area contributed by atoms with E-state index in [9.17, 15) is 8.78 Å². The van der Waals surface area contributed by atoms with E-state index in [0.29, 0.717) is 6.54 Å². The van der Waals surface area contributed by atoms with Crippen LogP contribution in [0.25, 0.3) is 5.69 Å². The summed E-state index contributed by atoms with van der Waals surface area (Å²) in [6.45, 7) is 4.32. The third kappa shape index (κ3) is 3.08. The lowest BCUT2D eigenvalue weighted by Gasteiger charge is -2.09. The van der Waals surface area contributed by atoms with Crippen LogP contribution in [0.1, 0.15) is 17.0 Å². The number of aromatic nitrogens is 2. The second-order valence-corrected chi connectivity index (χ2v) is 5.37. The van der Waals surface area contributed by atoms with Gasteiger partial charge in [0.1, 0.15) is 11.6 Å². The van der Waals surface area contributed by atoms with Crippen LogP contribution in [0.4, 0.5) is 14.5 Å². The SMILES string of the molecule is Cc1nn(-c2ccccc2)c(C)c1CNc1ccc(F)cc1F. The number of nitrogens with one attached hydrogen (secondary N) is 1. The van der Waals surface area contributed by atoms with Crippen molar-refractivity contribution < 1.29 is 8.78 Å². The third-order valence-electron chi connectivity index (χ3n) is 3.83. The Morgan fingerprint density at radius 1 is 1.04 bits per heavy atom. The van der Waals surface area contributed by atoms with Gasteiger partial charge in [0, 0.05) is 23.9 Å². The van der Waals surface area contributed by atoms with Gasteiger partial charge in [0.2, 0.25) is 0 Å². The molecule has 0 saturated carbocycles. The van der Waals surface area contributed by atoms with E-state index in [1.54, 1.807) is 0 Å². The van der Waals surface area contributed by atoms with Crippen LogP contribution in [-0.2, 0) is 6.54 Å². The maximum absolute atomic E-state index is 13.7. The van der Waals surface area contributed by atoms with E-state index in [1.165, 1.54) is 12.1 Å². The zero-order chi connectivity index (χ0) is 16.4. The fraction of sp³-hybridized carbons (Fsp3) is 0.167. The van der Waals surface area contributed by atoms with E-state index < -0.39 is 11.6 Å². The van der Waals surface area contributed by atoms with Crippen LogP contribution in [0.15, 0.2) is 48.5 Å². The molecule has 1 N–H and O–H groups in total. The first-order valence-electron chi connectivity index (χ1n) is 7.35. The minimum absolute atomic E-state index is 0.276. The summed E-state index contributed by atoms with van der Waals surface area (Å²) in [6.07, 6.45) is 0. The van der Waals surface area contributed by atoms with Gasteiger partial charge in [-0.1, -0.05) is 18.2 Å². The number of nitrogens with zero attached hydrogens (tertiary/aromatic N) is 2. The summed E-state index contributed by atoms with van der Waals surface area (Å²) in [6, 6.07) is 13.3. The molecule has 3 rings (SSSR count). The van der Waals surface area contributed by atoms with Crippen molar-refractivity contribution in [3.05, 3.63) is 77.1 Å². The van der Waals surface area contributed by atoms with Crippen molar-refractivity contribution >= 4 is 5.69 Å². The summed E-state index contributed by atoms with van der Waals surface area (Å²) in [5.74, 6) is -1.19. The zero-order valence-corrected chi connectivity index (χ0v) is 13.0. The van der Waals surface area contributed by atoms with E-state index in [2.05, 4.69) is 10.4 Å². The average Bonchev–Trinajstić information content (AvgIpc) is 2.82. The molecular weight excluding hydrogens is 296 g/mol. The van der Waals surface area contributed by atoms with E-state index in [-0.39, 0.29) is 5.69 Å². The van der Waals surface area contributed by atoms with Crippen LogP contribution < -0.4 is 5.32 Å². The highest BCUT2D eigenvalue weighted by molar-refractivity contribution is 5.46. The molecule has 0 spiro atoms. The lowest BCUT2D eigenvalue weighted by atomic mass is 10.2. The number of rotatable bonds is 4. The van der Waals surface area contributed by atoms with Crippen LogP contribution in [0.3, 0.4) is 0 Å².